The van der Waals surface area contributed by atoms with Crippen LogP contribution in [-0.2, 0) is 19.3 Å². The standard InChI is InChI=1S/C16H27BrO3Si/c1-3-12-18-21(19-13-4-2,20-14-8-11-17)15-16-9-6-5-7-10-16/h5-7,9-10H,3-4,8,11-15H2,1-2H3. The normalized spacial score (nSPS) is 11.8. The van der Waals surface area contributed by atoms with Crippen LogP contribution in [0.3, 0.4) is 0 Å². The van der Waals surface area contributed by atoms with Gasteiger partial charge in [-0.3, -0.25) is 0 Å². The van der Waals surface area contributed by atoms with Crippen molar-refractivity contribution in [2.75, 3.05) is 25.2 Å². The molecule has 0 spiro atoms. The van der Waals surface area contributed by atoms with Crippen LogP contribution in [0.4, 0.5) is 0 Å². The molecular weight excluding hydrogens is 348 g/mol. The fourth-order valence-corrected chi connectivity index (χ4v) is 4.93. The number of hydrogen-bond donors (Lipinski definition) is 0. The molecule has 1 rings (SSSR count). The molecule has 21 heavy (non-hydrogen) atoms. The predicted molar refractivity (Wildman–Crippen MR) is 92.7 cm³/mol. The van der Waals surface area contributed by atoms with Gasteiger partial charge in [-0.15, -0.1) is 0 Å². The minimum absolute atomic E-state index is 0.678. The van der Waals surface area contributed by atoms with Gasteiger partial charge in [-0.2, -0.15) is 0 Å². The highest BCUT2D eigenvalue weighted by atomic mass is 79.9. The second-order valence-electron chi connectivity index (χ2n) is 4.93. The minimum Gasteiger partial charge on any atom is -0.373 e. The molecule has 1 aromatic rings. The predicted octanol–water partition coefficient (Wildman–Crippen LogP) is 4.36. The summed E-state index contributed by atoms with van der Waals surface area (Å²) in [7, 11) is -2.64. The molecule has 0 bridgehead atoms. The van der Waals surface area contributed by atoms with E-state index in [1.54, 1.807) is 0 Å². The molecule has 5 heteroatoms. The first-order valence-electron chi connectivity index (χ1n) is 7.78. The lowest BCUT2D eigenvalue weighted by Crippen LogP contribution is -2.49. The third-order valence-electron chi connectivity index (χ3n) is 2.92. The fraction of sp³-hybridized carbons (Fsp3) is 0.625. The number of alkyl halides is 1. The average molecular weight is 375 g/mol. The van der Waals surface area contributed by atoms with Crippen LogP contribution in [0.2, 0.25) is 0 Å². The number of benzene rings is 1. The van der Waals surface area contributed by atoms with Crippen LogP contribution in [0.5, 0.6) is 0 Å². The topological polar surface area (TPSA) is 27.7 Å². The summed E-state index contributed by atoms with van der Waals surface area (Å²) in [6, 6.07) is 11.1. The van der Waals surface area contributed by atoms with Gasteiger partial charge >= 0.3 is 8.80 Å². The Labute approximate surface area is 138 Å². The van der Waals surface area contributed by atoms with Crippen LogP contribution < -0.4 is 0 Å². The van der Waals surface area contributed by atoms with Gasteiger partial charge in [-0.1, -0.05) is 60.1 Å². The molecule has 0 saturated heterocycles. The van der Waals surface area contributed by atoms with Crippen molar-refractivity contribution in [3.63, 3.8) is 0 Å². The van der Waals surface area contributed by atoms with E-state index in [4.69, 9.17) is 13.3 Å². The highest BCUT2D eigenvalue weighted by molar-refractivity contribution is 9.09. The minimum atomic E-state index is -2.64. The van der Waals surface area contributed by atoms with Crippen molar-refractivity contribution < 1.29 is 13.3 Å². The van der Waals surface area contributed by atoms with Gasteiger partial charge in [-0.25, -0.2) is 0 Å². The Morgan fingerprint density at radius 1 is 0.905 bits per heavy atom. The van der Waals surface area contributed by atoms with Gasteiger partial charge in [0.1, 0.15) is 0 Å². The van der Waals surface area contributed by atoms with Crippen molar-refractivity contribution >= 4 is 24.7 Å². The van der Waals surface area contributed by atoms with Gasteiger partial charge in [0.25, 0.3) is 0 Å². The van der Waals surface area contributed by atoms with Crippen LogP contribution in [0, 0.1) is 0 Å². The summed E-state index contributed by atoms with van der Waals surface area (Å²) in [4.78, 5) is 0. The molecule has 3 nitrogen and oxygen atoms in total. The molecule has 0 aliphatic carbocycles. The number of hydrogen-bond acceptors (Lipinski definition) is 3. The van der Waals surface area contributed by atoms with E-state index in [1.807, 2.05) is 18.2 Å². The number of rotatable bonds is 12. The Bertz CT molecular complexity index is 354. The van der Waals surface area contributed by atoms with Crippen molar-refractivity contribution in [3.8, 4) is 0 Å². The molecular formula is C16H27BrO3Si. The lowest BCUT2D eigenvalue weighted by Gasteiger charge is -2.29. The number of halogens is 1. The monoisotopic (exact) mass is 374 g/mol. The summed E-state index contributed by atoms with van der Waals surface area (Å²) in [5.41, 5.74) is 1.22. The van der Waals surface area contributed by atoms with E-state index in [9.17, 15) is 0 Å². The Morgan fingerprint density at radius 3 is 2.00 bits per heavy atom. The Balaban J connectivity index is 2.79. The third-order valence-corrected chi connectivity index (χ3v) is 6.25. The van der Waals surface area contributed by atoms with Crippen LogP contribution in [0.25, 0.3) is 0 Å². The van der Waals surface area contributed by atoms with Crippen LogP contribution in [0.1, 0.15) is 38.7 Å². The largest absolute Gasteiger partial charge is 0.505 e. The van der Waals surface area contributed by atoms with Crippen LogP contribution in [-0.4, -0.2) is 34.0 Å². The third kappa shape index (κ3) is 7.56. The first kappa shape index (κ1) is 18.8. The summed E-state index contributed by atoms with van der Waals surface area (Å²) in [6.07, 6.45) is 2.91. The highest BCUT2D eigenvalue weighted by Gasteiger charge is 2.41. The quantitative estimate of drug-likeness (QED) is 0.309. The first-order valence-corrected chi connectivity index (χ1v) is 10.8. The first-order chi connectivity index (χ1) is 10.3. The molecule has 0 radical (unpaired) electrons. The zero-order valence-corrected chi connectivity index (χ0v) is 15.7. The lowest BCUT2D eigenvalue weighted by molar-refractivity contribution is 0.0586. The SMILES string of the molecule is CCCO[Si](Cc1ccccc1)(OCCC)OCCCBr. The second kappa shape index (κ2) is 11.4. The van der Waals surface area contributed by atoms with Gasteiger partial charge in [0.05, 0.1) is 0 Å². The van der Waals surface area contributed by atoms with Gasteiger partial charge in [-0.05, 0) is 24.8 Å². The van der Waals surface area contributed by atoms with Gasteiger partial charge in [0.15, 0.2) is 0 Å². The van der Waals surface area contributed by atoms with Crippen molar-refractivity contribution in [2.45, 2.75) is 39.2 Å². The summed E-state index contributed by atoms with van der Waals surface area (Å²) in [6.45, 7) is 6.28. The molecule has 0 atom stereocenters. The van der Waals surface area contributed by atoms with E-state index in [0.717, 1.165) is 30.6 Å². The smallest absolute Gasteiger partial charge is 0.373 e. The molecule has 0 amide bonds. The van der Waals surface area contributed by atoms with Gasteiger partial charge in [0.2, 0.25) is 0 Å². The molecule has 0 aromatic heterocycles. The van der Waals surface area contributed by atoms with Gasteiger partial charge < -0.3 is 13.3 Å². The zero-order chi connectivity index (χ0) is 15.4. The Hall–Kier alpha value is -0.203. The summed E-state index contributed by atoms with van der Waals surface area (Å²) < 4.78 is 18.4. The molecule has 0 N–H and O–H groups in total. The molecule has 0 heterocycles. The molecule has 0 saturated carbocycles. The van der Waals surface area contributed by atoms with E-state index < -0.39 is 8.80 Å². The fourth-order valence-electron chi connectivity index (χ4n) is 1.92. The maximum atomic E-state index is 6.14. The summed E-state index contributed by atoms with van der Waals surface area (Å²) in [5.74, 6) is 0. The highest BCUT2D eigenvalue weighted by Crippen LogP contribution is 2.18. The Morgan fingerprint density at radius 2 is 1.48 bits per heavy atom. The maximum Gasteiger partial charge on any atom is 0.505 e. The average Bonchev–Trinajstić information content (AvgIpc) is 2.52. The molecule has 0 aliphatic heterocycles. The maximum absolute atomic E-state index is 6.14. The van der Waals surface area contributed by atoms with E-state index in [-0.39, 0.29) is 0 Å². The second-order valence-corrected chi connectivity index (χ2v) is 8.31. The van der Waals surface area contributed by atoms with Crippen LogP contribution >= 0.6 is 15.9 Å². The Kier molecular flexibility index (Phi) is 10.2. The van der Waals surface area contributed by atoms with E-state index >= 15 is 0 Å². The van der Waals surface area contributed by atoms with Crippen molar-refractivity contribution in [1.29, 1.82) is 0 Å². The molecule has 0 aliphatic rings. The van der Waals surface area contributed by atoms with Crippen molar-refractivity contribution in [1.82, 2.24) is 0 Å². The molecule has 0 unspecified atom stereocenters. The van der Waals surface area contributed by atoms with Crippen molar-refractivity contribution in [3.05, 3.63) is 35.9 Å². The molecule has 1 aromatic carbocycles. The molecule has 120 valence electrons. The van der Waals surface area contributed by atoms with E-state index in [2.05, 4.69) is 41.9 Å². The van der Waals surface area contributed by atoms with Gasteiger partial charge in [0, 0.05) is 31.2 Å². The van der Waals surface area contributed by atoms with E-state index in [1.165, 1.54) is 5.56 Å². The zero-order valence-electron chi connectivity index (χ0n) is 13.1. The lowest BCUT2D eigenvalue weighted by atomic mass is 10.2. The van der Waals surface area contributed by atoms with E-state index in [0.29, 0.717) is 19.8 Å². The molecule has 0 fully saturated rings. The van der Waals surface area contributed by atoms with Crippen molar-refractivity contribution in [2.24, 2.45) is 0 Å². The summed E-state index contributed by atoms with van der Waals surface area (Å²) in [5, 5.41) is 0.935. The van der Waals surface area contributed by atoms with Crippen LogP contribution in [0.15, 0.2) is 30.3 Å². The summed E-state index contributed by atoms with van der Waals surface area (Å²) >= 11 is 3.44.